The molecular formula is C17H26N6O2. The van der Waals surface area contributed by atoms with E-state index in [1.807, 2.05) is 23.4 Å². The zero-order valence-electron chi connectivity index (χ0n) is 15.4. The number of hydrogen-bond donors (Lipinski definition) is 0. The smallest absolute Gasteiger partial charge is 0.297 e. The first-order chi connectivity index (χ1) is 12.0. The molecule has 0 fully saturated rings. The fourth-order valence-electron chi connectivity index (χ4n) is 3.19. The highest BCUT2D eigenvalue weighted by Crippen LogP contribution is 2.23. The van der Waals surface area contributed by atoms with Crippen LogP contribution in [0.3, 0.4) is 0 Å². The van der Waals surface area contributed by atoms with Gasteiger partial charge in [-0.25, -0.2) is 9.80 Å². The predicted octanol–water partition coefficient (Wildman–Crippen LogP) is 1.69. The normalized spacial score (nSPS) is 14.1. The molecule has 0 spiro atoms. The Kier molecular flexibility index (Phi) is 4.78. The maximum absolute atomic E-state index is 13.0. The first-order valence-corrected chi connectivity index (χ1v) is 9.01. The third-order valence-electron chi connectivity index (χ3n) is 4.58. The predicted molar refractivity (Wildman–Crippen MR) is 99.5 cm³/mol. The van der Waals surface area contributed by atoms with Gasteiger partial charge in [-0.3, -0.25) is 18.5 Å². The number of aryl methyl sites for hydroxylation is 1. The monoisotopic (exact) mass is 346 g/mol. The number of anilines is 1. The van der Waals surface area contributed by atoms with Gasteiger partial charge in [0.1, 0.15) is 0 Å². The molecule has 3 heterocycles. The molecule has 8 heteroatoms. The van der Waals surface area contributed by atoms with E-state index in [9.17, 15) is 9.59 Å². The van der Waals surface area contributed by atoms with Crippen LogP contribution < -0.4 is 16.3 Å². The molecule has 0 aromatic carbocycles. The SMILES string of the molecule is CCCCN1N=C(C)Cn2c1nc1c2c(=O)n(CCCC)c(=O)n1C. The van der Waals surface area contributed by atoms with Crippen molar-refractivity contribution in [2.24, 2.45) is 12.1 Å². The third-order valence-corrected chi connectivity index (χ3v) is 4.58. The molecule has 2 aromatic rings. The second kappa shape index (κ2) is 6.85. The van der Waals surface area contributed by atoms with Crippen molar-refractivity contribution in [2.75, 3.05) is 11.6 Å². The Morgan fingerprint density at radius 3 is 2.44 bits per heavy atom. The molecule has 0 aliphatic carbocycles. The Balaban J connectivity index is 2.23. The van der Waals surface area contributed by atoms with Crippen molar-refractivity contribution in [3.63, 3.8) is 0 Å². The Morgan fingerprint density at radius 1 is 1.08 bits per heavy atom. The maximum atomic E-state index is 13.0. The summed E-state index contributed by atoms with van der Waals surface area (Å²) in [4.78, 5) is 30.2. The standard InChI is InChI=1S/C17H26N6O2/c1-5-7-9-21-15(24)13-14(20(4)17(21)25)18-16-22(13)11-12(3)19-23(16)10-8-6-2/h5-11H2,1-4H3. The second-order valence-electron chi connectivity index (χ2n) is 6.63. The van der Waals surface area contributed by atoms with E-state index in [2.05, 4.69) is 17.0 Å². The number of rotatable bonds is 6. The molecule has 1 aliphatic heterocycles. The van der Waals surface area contributed by atoms with Crippen LogP contribution in [-0.4, -0.2) is 30.9 Å². The minimum absolute atomic E-state index is 0.254. The Hall–Kier alpha value is -2.38. The van der Waals surface area contributed by atoms with Crippen molar-refractivity contribution in [1.82, 2.24) is 18.7 Å². The van der Waals surface area contributed by atoms with Gasteiger partial charge in [0, 0.05) is 20.1 Å². The van der Waals surface area contributed by atoms with Crippen molar-refractivity contribution < 1.29 is 0 Å². The lowest BCUT2D eigenvalue weighted by Crippen LogP contribution is -2.40. The molecule has 0 radical (unpaired) electrons. The largest absolute Gasteiger partial charge is 0.332 e. The number of aromatic nitrogens is 4. The number of nitrogens with zero attached hydrogens (tertiary/aromatic N) is 6. The van der Waals surface area contributed by atoms with Crippen LogP contribution in [0.1, 0.15) is 46.5 Å². The van der Waals surface area contributed by atoms with E-state index in [4.69, 9.17) is 0 Å². The quantitative estimate of drug-likeness (QED) is 0.797. The third kappa shape index (κ3) is 2.89. The topological polar surface area (TPSA) is 77.4 Å². The molecule has 3 rings (SSSR count). The molecule has 0 amide bonds. The molecule has 0 atom stereocenters. The molecule has 0 N–H and O–H groups in total. The van der Waals surface area contributed by atoms with Crippen molar-refractivity contribution in [1.29, 1.82) is 0 Å². The van der Waals surface area contributed by atoms with E-state index in [0.29, 0.717) is 30.2 Å². The van der Waals surface area contributed by atoms with E-state index in [1.54, 1.807) is 7.05 Å². The molecule has 1 aliphatic rings. The van der Waals surface area contributed by atoms with Crippen molar-refractivity contribution in [2.45, 2.75) is 59.5 Å². The lowest BCUT2D eigenvalue weighted by Gasteiger charge is -2.24. The van der Waals surface area contributed by atoms with Gasteiger partial charge in [0.25, 0.3) is 5.56 Å². The summed E-state index contributed by atoms with van der Waals surface area (Å²) in [5.41, 5.74) is 1.29. The van der Waals surface area contributed by atoms with Crippen LogP contribution in [0.25, 0.3) is 11.2 Å². The highest BCUT2D eigenvalue weighted by atomic mass is 16.2. The van der Waals surface area contributed by atoms with Crippen LogP contribution in [0.2, 0.25) is 0 Å². The minimum Gasteiger partial charge on any atom is -0.297 e. The summed E-state index contributed by atoms with van der Waals surface area (Å²) in [6.07, 6.45) is 3.76. The van der Waals surface area contributed by atoms with Crippen LogP contribution >= 0.6 is 0 Å². The Labute approximate surface area is 146 Å². The Bertz CT molecular complexity index is 933. The highest BCUT2D eigenvalue weighted by Gasteiger charge is 2.26. The van der Waals surface area contributed by atoms with Crippen molar-refractivity contribution in [3.05, 3.63) is 20.8 Å². The molecule has 0 unspecified atom stereocenters. The first kappa shape index (κ1) is 17.4. The number of hydrazone groups is 1. The first-order valence-electron chi connectivity index (χ1n) is 9.01. The van der Waals surface area contributed by atoms with E-state index in [-0.39, 0.29) is 11.2 Å². The Morgan fingerprint density at radius 2 is 1.76 bits per heavy atom. The molecule has 0 saturated heterocycles. The molecule has 0 bridgehead atoms. The lowest BCUT2D eigenvalue weighted by molar-refractivity contribution is 0.565. The molecule has 8 nitrogen and oxygen atoms in total. The lowest BCUT2D eigenvalue weighted by atomic mass is 10.3. The molecule has 0 saturated carbocycles. The summed E-state index contributed by atoms with van der Waals surface area (Å²) < 4.78 is 4.71. The number of hydrogen-bond acceptors (Lipinski definition) is 5. The van der Waals surface area contributed by atoms with Crippen LogP contribution in [0.15, 0.2) is 14.7 Å². The van der Waals surface area contributed by atoms with E-state index in [0.717, 1.165) is 37.9 Å². The van der Waals surface area contributed by atoms with Gasteiger partial charge >= 0.3 is 5.69 Å². The van der Waals surface area contributed by atoms with Gasteiger partial charge in [0.05, 0.1) is 12.3 Å². The van der Waals surface area contributed by atoms with Crippen LogP contribution in [0, 0.1) is 0 Å². The van der Waals surface area contributed by atoms with Crippen LogP contribution in [0.4, 0.5) is 5.95 Å². The van der Waals surface area contributed by atoms with Gasteiger partial charge < -0.3 is 0 Å². The average Bonchev–Trinajstić information content (AvgIpc) is 2.97. The van der Waals surface area contributed by atoms with Gasteiger partial charge in [-0.1, -0.05) is 26.7 Å². The van der Waals surface area contributed by atoms with E-state index >= 15 is 0 Å². The average molecular weight is 346 g/mol. The summed E-state index contributed by atoms with van der Waals surface area (Å²) in [6, 6.07) is 0. The van der Waals surface area contributed by atoms with Gasteiger partial charge in [-0.15, -0.1) is 0 Å². The zero-order valence-corrected chi connectivity index (χ0v) is 15.4. The van der Waals surface area contributed by atoms with E-state index < -0.39 is 0 Å². The summed E-state index contributed by atoms with van der Waals surface area (Å²) >= 11 is 0. The van der Waals surface area contributed by atoms with E-state index in [1.165, 1.54) is 9.13 Å². The fourth-order valence-corrected chi connectivity index (χ4v) is 3.19. The molecule has 25 heavy (non-hydrogen) atoms. The van der Waals surface area contributed by atoms with Crippen LogP contribution in [0.5, 0.6) is 0 Å². The molecule has 2 aromatic heterocycles. The fraction of sp³-hybridized carbons (Fsp3) is 0.647. The highest BCUT2D eigenvalue weighted by molar-refractivity contribution is 5.87. The van der Waals surface area contributed by atoms with Gasteiger partial charge in [0.15, 0.2) is 11.2 Å². The van der Waals surface area contributed by atoms with Crippen molar-refractivity contribution in [3.8, 4) is 0 Å². The minimum atomic E-state index is -0.306. The second-order valence-corrected chi connectivity index (χ2v) is 6.63. The molecule has 136 valence electrons. The summed E-state index contributed by atoms with van der Waals surface area (Å²) in [5.74, 6) is 0.648. The number of imidazole rings is 1. The van der Waals surface area contributed by atoms with Gasteiger partial charge in [-0.05, 0) is 19.8 Å². The number of unbranched alkanes of at least 4 members (excludes halogenated alkanes) is 2. The zero-order chi connectivity index (χ0) is 18.1. The summed E-state index contributed by atoms with van der Waals surface area (Å²) in [5, 5.41) is 6.43. The number of fused-ring (bicyclic) bond motifs is 3. The van der Waals surface area contributed by atoms with Gasteiger partial charge in [0.2, 0.25) is 5.95 Å². The maximum Gasteiger partial charge on any atom is 0.332 e. The van der Waals surface area contributed by atoms with Gasteiger partial charge in [-0.2, -0.15) is 10.1 Å². The summed E-state index contributed by atoms with van der Waals surface area (Å²) in [7, 11) is 1.68. The van der Waals surface area contributed by atoms with Crippen LogP contribution in [-0.2, 0) is 20.1 Å². The summed E-state index contributed by atoms with van der Waals surface area (Å²) in [6.45, 7) is 7.82. The van der Waals surface area contributed by atoms with Crippen molar-refractivity contribution >= 4 is 22.8 Å². The molecular weight excluding hydrogens is 320 g/mol.